The van der Waals surface area contributed by atoms with Crippen LogP contribution in [0.25, 0.3) is 0 Å². The normalized spacial score (nSPS) is 23.4. The van der Waals surface area contributed by atoms with Gasteiger partial charge >= 0.3 is 0 Å². The second kappa shape index (κ2) is 7.97. The molecule has 2 heteroatoms. The Hall–Kier alpha value is -0.630. The molecule has 2 fully saturated rings. The van der Waals surface area contributed by atoms with Gasteiger partial charge in [0.1, 0.15) is 5.78 Å². The molecule has 114 valence electrons. The van der Waals surface area contributed by atoms with Crippen LogP contribution in [0.5, 0.6) is 0 Å². The first-order valence-corrected chi connectivity index (χ1v) is 8.61. The maximum Gasteiger partial charge on any atom is 0.147 e. The third-order valence-corrected chi connectivity index (χ3v) is 5.18. The van der Waals surface area contributed by atoms with Crippen molar-refractivity contribution in [2.45, 2.75) is 89.6 Å². The highest BCUT2D eigenvalue weighted by Gasteiger charge is 2.24. The van der Waals surface area contributed by atoms with E-state index < -0.39 is 0 Å². The fraction of sp³-hybridized carbons (Fsp3) is 0.833. The Morgan fingerprint density at radius 2 is 1.60 bits per heavy atom. The summed E-state index contributed by atoms with van der Waals surface area (Å²) in [6, 6.07) is 0.560. The van der Waals surface area contributed by atoms with Crippen LogP contribution in [0.1, 0.15) is 77.6 Å². The Morgan fingerprint density at radius 1 is 1.05 bits per heavy atom. The fourth-order valence-electron chi connectivity index (χ4n) is 3.81. The lowest BCUT2D eigenvalue weighted by Crippen LogP contribution is -2.43. The van der Waals surface area contributed by atoms with Crippen LogP contribution in [-0.2, 0) is 4.79 Å². The summed E-state index contributed by atoms with van der Waals surface area (Å²) >= 11 is 0. The summed E-state index contributed by atoms with van der Waals surface area (Å²) in [5.41, 5.74) is 1.31. The second-order valence-corrected chi connectivity index (χ2v) is 6.86. The van der Waals surface area contributed by atoms with Gasteiger partial charge in [0.25, 0.3) is 0 Å². The zero-order valence-corrected chi connectivity index (χ0v) is 13.1. The first-order valence-electron chi connectivity index (χ1n) is 8.61. The number of ketones is 1. The third kappa shape index (κ3) is 4.73. The highest BCUT2D eigenvalue weighted by atomic mass is 16.1. The van der Waals surface area contributed by atoms with Crippen LogP contribution in [0.3, 0.4) is 0 Å². The summed E-state index contributed by atoms with van der Waals surface area (Å²) in [5.74, 6) is 0.950. The molecule has 20 heavy (non-hydrogen) atoms. The molecule has 0 amide bonds. The van der Waals surface area contributed by atoms with E-state index in [0.717, 1.165) is 6.42 Å². The first kappa shape index (κ1) is 15.8. The van der Waals surface area contributed by atoms with Crippen molar-refractivity contribution in [2.24, 2.45) is 5.92 Å². The van der Waals surface area contributed by atoms with E-state index in [9.17, 15) is 4.79 Å². The predicted molar refractivity (Wildman–Crippen MR) is 84.8 cm³/mol. The van der Waals surface area contributed by atoms with E-state index in [1.807, 2.05) is 0 Å². The van der Waals surface area contributed by atoms with Crippen molar-refractivity contribution in [3.63, 3.8) is 0 Å². The quantitative estimate of drug-likeness (QED) is 0.729. The highest BCUT2D eigenvalue weighted by molar-refractivity contribution is 5.81. The van der Waals surface area contributed by atoms with Gasteiger partial charge in [-0.05, 0) is 44.9 Å². The van der Waals surface area contributed by atoms with Gasteiger partial charge in [-0.2, -0.15) is 0 Å². The van der Waals surface area contributed by atoms with Crippen LogP contribution < -0.4 is 5.32 Å². The molecule has 1 atom stereocenters. The molecule has 2 nitrogen and oxygen atoms in total. The molecular weight excluding hydrogens is 246 g/mol. The van der Waals surface area contributed by atoms with Crippen molar-refractivity contribution < 1.29 is 4.79 Å². The number of hydrogen-bond donors (Lipinski definition) is 1. The Kier molecular flexibility index (Phi) is 6.28. The molecule has 0 aliphatic heterocycles. The van der Waals surface area contributed by atoms with Gasteiger partial charge in [0, 0.05) is 6.04 Å². The molecule has 1 N–H and O–H groups in total. The van der Waals surface area contributed by atoms with Crippen molar-refractivity contribution in [3.05, 3.63) is 12.2 Å². The number of hydrogen-bond acceptors (Lipinski definition) is 2. The van der Waals surface area contributed by atoms with Crippen molar-refractivity contribution in [1.29, 1.82) is 0 Å². The van der Waals surface area contributed by atoms with Crippen LogP contribution in [0.4, 0.5) is 0 Å². The number of carbonyl (C=O) groups is 1. The van der Waals surface area contributed by atoms with Gasteiger partial charge in [-0.25, -0.2) is 0 Å². The third-order valence-electron chi connectivity index (χ3n) is 5.18. The van der Waals surface area contributed by atoms with Crippen LogP contribution in [0, 0.1) is 5.92 Å². The molecule has 2 aliphatic rings. The molecule has 0 aromatic heterocycles. The predicted octanol–water partition coefficient (Wildman–Crippen LogP) is 4.39. The van der Waals surface area contributed by atoms with Crippen LogP contribution >= 0.6 is 0 Å². The molecule has 2 rings (SSSR count). The lowest BCUT2D eigenvalue weighted by molar-refractivity contribution is -0.119. The Labute approximate surface area is 124 Å². The Morgan fingerprint density at radius 3 is 2.15 bits per heavy atom. The van der Waals surface area contributed by atoms with Crippen LogP contribution in [0.2, 0.25) is 0 Å². The minimum absolute atomic E-state index is 0.00697. The molecule has 2 aliphatic carbocycles. The zero-order valence-electron chi connectivity index (χ0n) is 13.1. The Balaban J connectivity index is 1.84. The molecule has 0 heterocycles. The molecule has 0 aromatic rings. The largest absolute Gasteiger partial charge is 0.304 e. The second-order valence-electron chi connectivity index (χ2n) is 6.86. The van der Waals surface area contributed by atoms with Gasteiger partial charge < -0.3 is 5.32 Å². The van der Waals surface area contributed by atoms with E-state index in [4.69, 9.17) is 0 Å². The number of rotatable bonds is 6. The van der Waals surface area contributed by atoms with Gasteiger partial charge in [0.05, 0.1) is 6.04 Å². The van der Waals surface area contributed by atoms with Gasteiger partial charge in [-0.1, -0.05) is 50.7 Å². The minimum atomic E-state index is 0.00697. The zero-order chi connectivity index (χ0) is 14.4. The number of carbonyl (C=O) groups excluding carboxylic acids is 1. The summed E-state index contributed by atoms with van der Waals surface area (Å²) in [6.07, 6.45) is 13.9. The average molecular weight is 277 g/mol. The SMILES string of the molecule is C=C(C[C@@H](NC1CCCCC1)C(C)=O)C1CCCCC1. The standard InChI is InChI=1S/C18H31NO/c1-14(16-9-5-3-6-10-16)13-18(15(2)20)19-17-11-7-4-8-12-17/h16-19H,1,3-13H2,2H3/t18-/m1/s1. The molecule has 0 saturated heterocycles. The van der Waals surface area contributed by atoms with Crippen LogP contribution in [-0.4, -0.2) is 17.9 Å². The van der Waals surface area contributed by atoms with E-state index in [2.05, 4.69) is 11.9 Å². The molecule has 0 radical (unpaired) electrons. The molecule has 0 aromatic carbocycles. The highest BCUT2D eigenvalue weighted by Crippen LogP contribution is 2.31. The van der Waals surface area contributed by atoms with Crippen molar-refractivity contribution in [1.82, 2.24) is 5.32 Å². The molecule has 0 bridgehead atoms. The smallest absolute Gasteiger partial charge is 0.147 e. The van der Waals surface area contributed by atoms with Gasteiger partial charge in [0.15, 0.2) is 0 Å². The lowest BCUT2D eigenvalue weighted by atomic mass is 9.81. The van der Waals surface area contributed by atoms with E-state index >= 15 is 0 Å². The summed E-state index contributed by atoms with van der Waals surface area (Å²) in [4.78, 5) is 11.9. The molecule has 0 spiro atoms. The summed E-state index contributed by atoms with van der Waals surface area (Å²) in [5, 5.41) is 3.62. The van der Waals surface area contributed by atoms with Gasteiger partial charge in [-0.15, -0.1) is 0 Å². The van der Waals surface area contributed by atoms with E-state index in [0.29, 0.717) is 12.0 Å². The fourth-order valence-corrected chi connectivity index (χ4v) is 3.81. The van der Waals surface area contributed by atoms with Crippen molar-refractivity contribution in [3.8, 4) is 0 Å². The summed E-state index contributed by atoms with van der Waals surface area (Å²) in [7, 11) is 0. The van der Waals surface area contributed by atoms with Crippen molar-refractivity contribution >= 4 is 5.78 Å². The number of Topliss-reactive ketones (excluding diaryl/α,β-unsaturated/α-hetero) is 1. The molecular formula is C18H31NO. The van der Waals surface area contributed by atoms with Crippen LogP contribution in [0.15, 0.2) is 12.2 Å². The van der Waals surface area contributed by atoms with E-state index in [1.54, 1.807) is 6.92 Å². The maximum atomic E-state index is 11.9. The minimum Gasteiger partial charge on any atom is -0.304 e. The average Bonchev–Trinajstić information content (AvgIpc) is 2.48. The van der Waals surface area contributed by atoms with Gasteiger partial charge in [0.2, 0.25) is 0 Å². The topological polar surface area (TPSA) is 29.1 Å². The van der Waals surface area contributed by atoms with E-state index in [-0.39, 0.29) is 11.8 Å². The first-order chi connectivity index (χ1) is 9.66. The molecule has 0 unspecified atom stereocenters. The monoisotopic (exact) mass is 277 g/mol. The van der Waals surface area contributed by atoms with E-state index in [1.165, 1.54) is 69.8 Å². The van der Waals surface area contributed by atoms with Gasteiger partial charge in [-0.3, -0.25) is 4.79 Å². The maximum absolute atomic E-state index is 11.9. The summed E-state index contributed by atoms with van der Waals surface area (Å²) in [6.45, 7) is 6.03. The summed E-state index contributed by atoms with van der Waals surface area (Å²) < 4.78 is 0. The number of nitrogens with one attached hydrogen (secondary N) is 1. The lowest BCUT2D eigenvalue weighted by Gasteiger charge is -2.30. The Bertz CT molecular complexity index is 324. The molecule has 2 saturated carbocycles. The van der Waals surface area contributed by atoms with Crippen molar-refractivity contribution in [2.75, 3.05) is 0 Å².